The van der Waals surface area contributed by atoms with Crippen LogP contribution in [0.4, 0.5) is 0 Å². The standard InChI is InChI=1S/C30H34O16/c31-19(41-25(15-11-21(33)43-27(15)37)16-12-22(34)44-28(16)38)9-7-5-3-1-2-4-6-8-10-20(32)42-26(17-13-23(35)45-29(17)39)18-14-24(36)46-30(18)40/h11-14,25-30,37-40H,1-10H2. The van der Waals surface area contributed by atoms with Gasteiger partial charge in [-0.3, -0.25) is 9.59 Å². The predicted molar refractivity (Wildman–Crippen MR) is 147 cm³/mol. The normalized spacial score (nSPS) is 25.0. The lowest BCUT2D eigenvalue weighted by Gasteiger charge is -2.22. The first kappa shape index (κ1) is 34.5. The minimum Gasteiger partial charge on any atom is -0.453 e. The number of aliphatic hydroxyl groups excluding tert-OH is 4. The SMILES string of the molecule is O=C1C=C(C(OC(=O)CCCCCCCCCCC(=O)OC(C2=CC(=O)OC2O)C2=CC(=O)OC2O)C2=CC(=O)OC2O)C(O)O1. The number of aliphatic hydroxyl groups is 4. The summed E-state index contributed by atoms with van der Waals surface area (Å²) < 4.78 is 29.2. The van der Waals surface area contributed by atoms with E-state index in [4.69, 9.17) is 9.47 Å². The molecule has 46 heavy (non-hydrogen) atoms. The smallest absolute Gasteiger partial charge is 0.333 e. The minimum absolute atomic E-state index is 0.0123. The molecule has 4 aliphatic heterocycles. The van der Waals surface area contributed by atoms with Crippen molar-refractivity contribution in [2.75, 3.05) is 0 Å². The Bertz CT molecular complexity index is 1180. The molecule has 4 N–H and O–H groups in total. The molecule has 250 valence electrons. The van der Waals surface area contributed by atoms with Crippen molar-refractivity contribution < 1.29 is 77.6 Å². The van der Waals surface area contributed by atoms with Gasteiger partial charge in [0.05, 0.1) is 0 Å². The third-order valence-corrected chi connectivity index (χ3v) is 7.41. The zero-order valence-corrected chi connectivity index (χ0v) is 24.5. The van der Waals surface area contributed by atoms with Gasteiger partial charge in [0.2, 0.25) is 25.2 Å². The summed E-state index contributed by atoms with van der Waals surface area (Å²) in [6.45, 7) is 0. The third kappa shape index (κ3) is 9.09. The van der Waals surface area contributed by atoms with Crippen molar-refractivity contribution in [3.05, 3.63) is 46.6 Å². The Hall–Kier alpha value is -4.38. The molecule has 4 rings (SSSR count). The summed E-state index contributed by atoms with van der Waals surface area (Å²) in [6, 6.07) is 0. The van der Waals surface area contributed by atoms with E-state index >= 15 is 0 Å². The van der Waals surface area contributed by atoms with Gasteiger partial charge < -0.3 is 48.8 Å². The second-order valence-corrected chi connectivity index (χ2v) is 10.8. The molecule has 0 amide bonds. The molecule has 0 aliphatic carbocycles. The Morgan fingerprint density at radius 1 is 0.500 bits per heavy atom. The molecule has 0 spiro atoms. The highest BCUT2D eigenvalue weighted by Gasteiger charge is 2.42. The molecule has 0 radical (unpaired) electrons. The second kappa shape index (κ2) is 15.8. The van der Waals surface area contributed by atoms with E-state index in [-0.39, 0.29) is 35.1 Å². The molecule has 0 bridgehead atoms. The van der Waals surface area contributed by atoms with E-state index in [0.29, 0.717) is 25.7 Å². The van der Waals surface area contributed by atoms with E-state index in [1.807, 2.05) is 0 Å². The summed E-state index contributed by atoms with van der Waals surface area (Å²) in [5, 5.41) is 39.9. The van der Waals surface area contributed by atoms with Crippen molar-refractivity contribution in [1.82, 2.24) is 0 Å². The number of ether oxygens (including phenoxy) is 6. The van der Waals surface area contributed by atoms with Crippen molar-refractivity contribution in [3.8, 4) is 0 Å². The van der Waals surface area contributed by atoms with Crippen LogP contribution in [0, 0.1) is 0 Å². The van der Waals surface area contributed by atoms with E-state index in [1.54, 1.807) is 0 Å². The Kier molecular flexibility index (Phi) is 11.8. The van der Waals surface area contributed by atoms with E-state index in [0.717, 1.165) is 50.0 Å². The number of unbranched alkanes of at least 4 members (excludes halogenated alkanes) is 7. The Morgan fingerprint density at radius 3 is 0.957 bits per heavy atom. The van der Waals surface area contributed by atoms with E-state index < -0.39 is 73.2 Å². The number of hydrogen-bond donors (Lipinski definition) is 4. The molecule has 4 atom stereocenters. The third-order valence-electron chi connectivity index (χ3n) is 7.41. The van der Waals surface area contributed by atoms with Crippen LogP contribution in [-0.4, -0.2) is 93.6 Å². The van der Waals surface area contributed by atoms with E-state index in [9.17, 15) is 49.2 Å². The zero-order valence-electron chi connectivity index (χ0n) is 24.5. The summed E-state index contributed by atoms with van der Waals surface area (Å²) in [7, 11) is 0. The van der Waals surface area contributed by atoms with Gasteiger partial charge >= 0.3 is 35.8 Å². The zero-order chi connectivity index (χ0) is 33.4. The van der Waals surface area contributed by atoms with Gasteiger partial charge in [-0.1, -0.05) is 38.5 Å². The first-order valence-electron chi connectivity index (χ1n) is 14.7. The number of rotatable bonds is 17. The molecule has 0 saturated carbocycles. The minimum atomic E-state index is -1.70. The van der Waals surface area contributed by atoms with Gasteiger partial charge in [0.1, 0.15) is 0 Å². The molecule has 16 heteroatoms. The molecular formula is C30H34O16. The van der Waals surface area contributed by atoms with Gasteiger partial charge in [0.15, 0.2) is 12.2 Å². The van der Waals surface area contributed by atoms with Crippen molar-refractivity contribution in [2.24, 2.45) is 0 Å². The molecule has 0 aromatic heterocycles. The summed E-state index contributed by atoms with van der Waals surface area (Å²) in [5.74, 6) is -4.80. The lowest BCUT2D eigenvalue weighted by Crippen LogP contribution is -2.31. The molecule has 0 fully saturated rings. The highest BCUT2D eigenvalue weighted by atomic mass is 16.7. The van der Waals surface area contributed by atoms with Crippen LogP contribution in [0.1, 0.15) is 64.2 Å². The van der Waals surface area contributed by atoms with Crippen LogP contribution < -0.4 is 0 Å². The van der Waals surface area contributed by atoms with Gasteiger partial charge in [-0.05, 0) is 12.8 Å². The molecule has 0 aromatic carbocycles. The number of carbonyl (C=O) groups excluding carboxylic acids is 6. The fraction of sp³-hybridized carbons (Fsp3) is 0.533. The number of carbonyl (C=O) groups is 6. The fourth-order valence-electron chi connectivity index (χ4n) is 5.14. The highest BCUT2D eigenvalue weighted by molar-refractivity contribution is 5.89. The molecular weight excluding hydrogens is 616 g/mol. The molecule has 16 nitrogen and oxygen atoms in total. The van der Waals surface area contributed by atoms with Crippen LogP contribution in [0.5, 0.6) is 0 Å². The van der Waals surface area contributed by atoms with Gasteiger partial charge in [-0.2, -0.15) is 0 Å². The maximum atomic E-state index is 12.5. The van der Waals surface area contributed by atoms with Crippen molar-refractivity contribution in [2.45, 2.75) is 102 Å². The Labute approximate surface area is 261 Å². The summed E-state index contributed by atoms with van der Waals surface area (Å²) in [5.41, 5.74) is -0.547. The topological polar surface area (TPSA) is 239 Å². The lowest BCUT2D eigenvalue weighted by atomic mass is 10.0. The predicted octanol–water partition coefficient (Wildman–Crippen LogP) is -0.0826. The van der Waals surface area contributed by atoms with E-state index in [1.165, 1.54) is 0 Å². The van der Waals surface area contributed by atoms with Gasteiger partial charge in [0, 0.05) is 59.4 Å². The monoisotopic (exact) mass is 650 g/mol. The summed E-state index contributed by atoms with van der Waals surface area (Å²) >= 11 is 0. The first-order valence-corrected chi connectivity index (χ1v) is 14.7. The Morgan fingerprint density at radius 2 is 0.739 bits per heavy atom. The van der Waals surface area contributed by atoms with Crippen LogP contribution in [-0.2, 0) is 57.2 Å². The molecule has 4 aliphatic rings. The van der Waals surface area contributed by atoms with Crippen molar-refractivity contribution in [1.29, 1.82) is 0 Å². The van der Waals surface area contributed by atoms with Crippen LogP contribution in [0.25, 0.3) is 0 Å². The molecule has 4 unspecified atom stereocenters. The van der Waals surface area contributed by atoms with E-state index in [2.05, 4.69) is 18.9 Å². The average molecular weight is 651 g/mol. The fourth-order valence-corrected chi connectivity index (χ4v) is 5.14. The van der Waals surface area contributed by atoms with Gasteiger partial charge in [-0.15, -0.1) is 0 Å². The van der Waals surface area contributed by atoms with Crippen molar-refractivity contribution >= 4 is 35.8 Å². The van der Waals surface area contributed by atoms with Crippen LogP contribution in [0.3, 0.4) is 0 Å². The second-order valence-electron chi connectivity index (χ2n) is 10.8. The molecule has 0 saturated heterocycles. The van der Waals surface area contributed by atoms with Gasteiger partial charge in [0.25, 0.3) is 0 Å². The first-order chi connectivity index (χ1) is 21.9. The molecule has 0 aromatic rings. The number of esters is 6. The largest absolute Gasteiger partial charge is 0.453 e. The number of cyclic esters (lactones) is 4. The quantitative estimate of drug-likeness (QED) is 0.0914. The van der Waals surface area contributed by atoms with Crippen LogP contribution in [0.2, 0.25) is 0 Å². The summed E-state index contributed by atoms with van der Waals surface area (Å²) in [6.07, 6.45) is -0.170. The number of hydrogen-bond acceptors (Lipinski definition) is 16. The van der Waals surface area contributed by atoms with Crippen LogP contribution >= 0.6 is 0 Å². The average Bonchev–Trinajstić information content (AvgIpc) is 3.71. The van der Waals surface area contributed by atoms with Crippen LogP contribution in [0.15, 0.2) is 46.6 Å². The van der Waals surface area contributed by atoms with Gasteiger partial charge in [-0.25, -0.2) is 19.2 Å². The lowest BCUT2D eigenvalue weighted by molar-refractivity contribution is -0.159. The van der Waals surface area contributed by atoms with Crippen molar-refractivity contribution in [3.63, 3.8) is 0 Å². The molecule has 4 heterocycles. The maximum Gasteiger partial charge on any atom is 0.333 e. The Balaban J connectivity index is 1.10. The maximum absolute atomic E-state index is 12.5. The highest BCUT2D eigenvalue weighted by Crippen LogP contribution is 2.31. The summed E-state index contributed by atoms with van der Waals surface area (Å²) in [4.78, 5) is 71.0.